The summed E-state index contributed by atoms with van der Waals surface area (Å²) in [7, 11) is -3.72. The molecule has 4 atom stereocenters. The van der Waals surface area contributed by atoms with Crippen LogP contribution in [-0.4, -0.2) is 189 Å². The summed E-state index contributed by atoms with van der Waals surface area (Å²) < 4.78 is 22.5. The number of benzene rings is 4. The molecule has 0 aromatic heterocycles. The zero-order valence-corrected chi connectivity index (χ0v) is 55.8. The molecule has 4 aromatic carbocycles. The Morgan fingerprint density at radius 3 is 1.33 bits per heavy atom. The maximum Gasteiger partial charge on any atom is 0.318 e. The largest absolute Gasteiger partial charge is 0.354 e. The summed E-state index contributed by atoms with van der Waals surface area (Å²) in [6, 6.07) is 33.5. The minimum absolute atomic E-state index is 0.00472. The van der Waals surface area contributed by atoms with Gasteiger partial charge in [0.05, 0.1) is 4.90 Å². The van der Waals surface area contributed by atoms with Crippen LogP contribution in [0.5, 0.6) is 0 Å². The van der Waals surface area contributed by atoms with Crippen molar-refractivity contribution in [2.75, 3.05) is 72.0 Å². The molecule has 4 unspecified atom stereocenters. The van der Waals surface area contributed by atoms with Crippen LogP contribution in [0.3, 0.4) is 0 Å². The molecular formula is C68H98N14O11S. The number of hydrogen-bond acceptors (Lipinski definition) is 11. The van der Waals surface area contributed by atoms with E-state index in [-0.39, 0.29) is 76.7 Å². The van der Waals surface area contributed by atoms with E-state index in [9.17, 15) is 51.6 Å². The van der Waals surface area contributed by atoms with Crippen molar-refractivity contribution in [1.29, 1.82) is 0 Å². The highest BCUT2D eigenvalue weighted by Crippen LogP contribution is 2.18. The first kappa shape index (κ1) is 74.3. The number of aryl methyl sites for hydroxylation is 1. The van der Waals surface area contributed by atoms with Gasteiger partial charge in [0.25, 0.3) is 0 Å². The van der Waals surface area contributed by atoms with Gasteiger partial charge in [-0.1, -0.05) is 123 Å². The van der Waals surface area contributed by atoms with Gasteiger partial charge in [-0.05, 0) is 119 Å². The first-order valence-electron chi connectivity index (χ1n) is 33.1. The summed E-state index contributed by atoms with van der Waals surface area (Å²) in [6.07, 6.45) is 9.82. The molecule has 5 saturated heterocycles. The molecule has 4 aromatic rings. The molecule has 0 spiro atoms. The molecule has 0 saturated carbocycles. The van der Waals surface area contributed by atoms with Gasteiger partial charge in [-0.15, -0.1) is 0 Å². The van der Waals surface area contributed by atoms with Gasteiger partial charge in [0.2, 0.25) is 39.6 Å². The molecule has 9 rings (SSSR count). The van der Waals surface area contributed by atoms with E-state index in [1.165, 1.54) is 22.6 Å². The lowest BCUT2D eigenvalue weighted by atomic mass is 10.1. The van der Waals surface area contributed by atoms with Crippen LogP contribution in [0.15, 0.2) is 120 Å². The van der Waals surface area contributed by atoms with Crippen LogP contribution < -0.4 is 47.7 Å². The second-order valence-electron chi connectivity index (χ2n) is 24.0. The number of sulfonamides is 1. The van der Waals surface area contributed by atoms with Crippen molar-refractivity contribution in [3.63, 3.8) is 0 Å². The third-order valence-electron chi connectivity index (χ3n) is 16.5. The van der Waals surface area contributed by atoms with E-state index in [2.05, 4.69) is 61.6 Å². The topological polar surface area (TPSA) is 326 Å². The first-order valence-corrected chi connectivity index (χ1v) is 34.6. The molecule has 13 amide bonds. The van der Waals surface area contributed by atoms with Crippen LogP contribution >= 0.6 is 0 Å². The monoisotopic (exact) mass is 1320 g/mol. The fraction of sp³-hybridized carbons (Fsp3) is 0.515. The van der Waals surface area contributed by atoms with Crippen LogP contribution in [0, 0.1) is 0 Å². The van der Waals surface area contributed by atoms with Crippen LogP contribution in [0.1, 0.15) is 121 Å². The van der Waals surface area contributed by atoms with Gasteiger partial charge in [0.1, 0.15) is 24.2 Å². The lowest BCUT2D eigenvalue weighted by Crippen LogP contribution is -2.58. The summed E-state index contributed by atoms with van der Waals surface area (Å²) in [4.78, 5) is 118. The van der Waals surface area contributed by atoms with Gasteiger partial charge >= 0.3 is 24.1 Å². The minimum atomic E-state index is -3.72. The Labute approximate surface area is 553 Å². The Bertz CT molecular complexity index is 3190. The van der Waals surface area contributed by atoms with Gasteiger partial charge in [0.15, 0.2) is 0 Å². The van der Waals surface area contributed by atoms with Gasteiger partial charge < -0.3 is 67.0 Å². The highest BCUT2D eigenvalue weighted by atomic mass is 32.2. The second-order valence-corrected chi connectivity index (χ2v) is 25.6. The fourth-order valence-corrected chi connectivity index (χ4v) is 12.0. The zero-order valence-electron chi connectivity index (χ0n) is 55.0. The molecule has 0 aliphatic carbocycles. The van der Waals surface area contributed by atoms with Crippen molar-refractivity contribution >= 4 is 63.7 Å². The van der Waals surface area contributed by atoms with Gasteiger partial charge in [-0.25, -0.2) is 32.7 Å². The Morgan fingerprint density at radius 1 is 0.489 bits per heavy atom. The lowest BCUT2D eigenvalue weighted by Gasteiger charge is -2.35. The number of carbonyl (C=O) groups excluding carboxylic acids is 9. The molecule has 25 nitrogen and oxygen atoms in total. The molecule has 26 heteroatoms. The number of nitrogens with zero attached hydrogens (tertiary/aromatic N) is 5. The van der Waals surface area contributed by atoms with E-state index in [1.54, 1.807) is 26.8 Å². The number of unbranched alkanes of at least 4 members (excludes halogenated alkanes) is 1. The van der Waals surface area contributed by atoms with Gasteiger partial charge in [-0.2, -0.15) is 0 Å². The molecule has 5 aliphatic rings. The third-order valence-corrected chi connectivity index (χ3v) is 17.4. The summed E-state index contributed by atoms with van der Waals surface area (Å²) in [5.74, 6) is -0.189. The fourth-order valence-electron chi connectivity index (χ4n) is 11.5. The van der Waals surface area contributed by atoms with Crippen molar-refractivity contribution in [3.05, 3.63) is 138 Å². The highest BCUT2D eigenvalue weighted by molar-refractivity contribution is 7.89. The quantitative estimate of drug-likeness (QED) is 0.0373. The van der Waals surface area contributed by atoms with Crippen molar-refractivity contribution in [2.24, 2.45) is 5.14 Å². The molecule has 5 aliphatic heterocycles. The Balaban J connectivity index is 0.000000199. The third kappa shape index (κ3) is 24.3. The molecule has 5 heterocycles. The van der Waals surface area contributed by atoms with E-state index in [4.69, 9.17) is 5.14 Å². The summed E-state index contributed by atoms with van der Waals surface area (Å²) in [5, 5.41) is 27.9. The average molecular weight is 1320 g/mol. The van der Waals surface area contributed by atoms with Crippen molar-refractivity contribution in [1.82, 2.24) is 67.0 Å². The normalized spacial score (nSPS) is 18.7. The van der Waals surface area contributed by atoms with Crippen LogP contribution in [0.25, 0.3) is 0 Å². The maximum atomic E-state index is 12.6. The molecule has 94 heavy (non-hydrogen) atoms. The number of nitrogens with two attached hydrogens (primary N) is 1. The molecule has 512 valence electrons. The van der Waals surface area contributed by atoms with E-state index in [0.29, 0.717) is 123 Å². The summed E-state index contributed by atoms with van der Waals surface area (Å²) in [5.41, 5.74) is 4.20. The predicted molar refractivity (Wildman–Crippen MR) is 359 cm³/mol. The van der Waals surface area contributed by atoms with Crippen molar-refractivity contribution in [3.8, 4) is 0 Å². The Morgan fingerprint density at radius 2 is 0.904 bits per heavy atom. The smallest absolute Gasteiger partial charge is 0.318 e. The number of primary sulfonamides is 1. The average Bonchev–Trinajstić information content (AvgIpc) is 1.12. The Hall–Kier alpha value is -8.78. The maximum absolute atomic E-state index is 12.6. The van der Waals surface area contributed by atoms with Gasteiger partial charge in [-0.3, -0.25) is 24.0 Å². The number of nitrogens with one attached hydrogen (secondary N) is 8. The number of hydrogen-bond donors (Lipinski definition) is 9. The van der Waals surface area contributed by atoms with E-state index in [1.807, 2.05) is 105 Å². The lowest BCUT2D eigenvalue weighted by molar-refractivity contribution is -0.128. The number of carbonyl (C=O) groups is 9. The van der Waals surface area contributed by atoms with E-state index >= 15 is 0 Å². The number of rotatable bonds is 26. The number of amides is 13. The summed E-state index contributed by atoms with van der Waals surface area (Å²) >= 11 is 0. The predicted octanol–water partition coefficient (Wildman–Crippen LogP) is 5.10. The summed E-state index contributed by atoms with van der Waals surface area (Å²) in [6.45, 7) is 15.1. The van der Waals surface area contributed by atoms with Crippen molar-refractivity contribution < 1.29 is 51.6 Å². The number of urea groups is 4. The van der Waals surface area contributed by atoms with Crippen molar-refractivity contribution in [2.45, 2.75) is 159 Å². The minimum Gasteiger partial charge on any atom is -0.354 e. The van der Waals surface area contributed by atoms with Crippen LogP contribution in [-0.2, 0) is 59.9 Å². The van der Waals surface area contributed by atoms with E-state index < -0.39 is 22.1 Å². The molecule has 0 radical (unpaired) electrons. The molecular weight excluding hydrogens is 1220 g/mol. The SMILES string of the molecule is CC(C)NC(=O)C1CCNC(=O)N1CCc1ccc(S(N)(=O)=O)cc1.CCCCNC(=O)C1CCNC(=O)N1CCCc1ccccc1.CCCN1C(=O)NCCC1C(=O)NCc1ccccc1.O=C(NCc1ccccc1)C1CCNC(=O)N1CCCN1CCCC1=O. The van der Waals surface area contributed by atoms with Crippen LogP contribution in [0.2, 0.25) is 0 Å². The second kappa shape index (κ2) is 39.0. The van der Waals surface area contributed by atoms with Crippen LogP contribution in [0.4, 0.5) is 19.2 Å². The molecule has 10 N–H and O–H groups in total. The number of likely N-dealkylation sites (tertiary alicyclic amines) is 1. The molecule has 0 bridgehead atoms. The van der Waals surface area contributed by atoms with Gasteiger partial charge in [0, 0.05) is 97.5 Å². The highest BCUT2D eigenvalue weighted by Gasteiger charge is 2.36. The first-order chi connectivity index (χ1) is 45.3. The Kier molecular flexibility index (Phi) is 30.8. The molecule has 5 fully saturated rings. The zero-order chi connectivity index (χ0) is 67.8. The standard InChI is InChI=1S/C19H26N4O3.C18H27N3O2.C16H24N4O4S.C15H21N3O2/c24-17-8-4-11-22(17)12-5-13-23-16(9-10-20-19(23)26)18(25)21-14-15-6-2-1-3-7-15;1-2-3-12-19-17(22)16-11-13-20-18(23)21(16)14-7-10-15-8-5-4-6-9-15;1-11(2)19-15(21)14-7-9-18-16(22)20(14)10-8-12-3-5-13(6-4-12)25(17,23)24;1-2-10-18-13(8-9-16-15(18)20)14(19)17-11-12-6-4-3-5-7-12/h1-3,6-7,16H,4-5,8-14H2,(H,20,26)(H,21,25);4-6,8-9,16H,2-3,7,10-14H2,1H3,(H,19,22)(H,20,23);3-6,11,14H,7-10H2,1-2H3,(H,18,22)(H,19,21)(H2,17,23,24);3-7,13H,2,8-11H2,1H3,(H,16,20)(H,17,19). The van der Waals surface area contributed by atoms with E-state index in [0.717, 1.165) is 61.8 Å².